The molecule has 0 radical (unpaired) electrons. The fraction of sp³-hybridized carbons (Fsp3) is 0.226. The second-order valence-electron chi connectivity index (χ2n) is 9.10. The Morgan fingerprint density at radius 2 is 1.87 bits per heavy atom. The first-order valence-electron chi connectivity index (χ1n) is 13.0. The number of imidazole rings is 1. The van der Waals surface area contributed by atoms with Gasteiger partial charge >= 0.3 is 0 Å². The zero-order chi connectivity index (χ0) is 28.1. The third-order valence-corrected chi connectivity index (χ3v) is 7.38. The molecule has 1 aliphatic rings. The van der Waals surface area contributed by atoms with Crippen molar-refractivity contribution in [3.63, 3.8) is 0 Å². The van der Waals surface area contributed by atoms with Gasteiger partial charge in [-0.2, -0.15) is 5.10 Å². The van der Waals surface area contributed by atoms with Crippen LogP contribution in [0.4, 0.5) is 0 Å². The molecule has 7 nitrogen and oxygen atoms in total. The molecule has 4 aromatic heterocycles. The number of allylic oxidation sites excluding steroid dienone is 6. The minimum Gasteiger partial charge on any atom is -0.376 e. The molecule has 200 valence electrons. The number of aliphatic imine (C=N–C) groups is 1. The summed E-state index contributed by atoms with van der Waals surface area (Å²) in [5.41, 5.74) is 9.06. The smallest absolute Gasteiger partial charge is 0.161 e. The molecule has 39 heavy (non-hydrogen) atoms. The number of hydrogen-bond donors (Lipinski definition) is 2. The zero-order valence-electron chi connectivity index (χ0n) is 23.5. The molecule has 0 aliphatic carbocycles. The molecule has 0 fully saturated rings. The Morgan fingerprint density at radius 1 is 1.10 bits per heavy atom. The van der Waals surface area contributed by atoms with Gasteiger partial charge in [-0.25, -0.2) is 9.97 Å². The normalized spacial score (nSPS) is 13.3. The molecule has 5 rings (SSSR count). The van der Waals surface area contributed by atoms with Crippen molar-refractivity contribution < 1.29 is 0 Å². The van der Waals surface area contributed by atoms with Crippen molar-refractivity contribution in [3.05, 3.63) is 94.3 Å². The van der Waals surface area contributed by atoms with Crippen LogP contribution in [-0.2, 0) is 0 Å². The first-order valence-corrected chi connectivity index (χ1v) is 13.8. The van der Waals surface area contributed by atoms with Crippen LogP contribution >= 0.6 is 11.3 Å². The predicted molar refractivity (Wildman–Crippen MR) is 167 cm³/mol. The lowest BCUT2D eigenvalue weighted by molar-refractivity contribution is 0.542. The summed E-state index contributed by atoms with van der Waals surface area (Å²) >= 11 is 1.69. The summed E-state index contributed by atoms with van der Waals surface area (Å²) in [5.74, 6) is 0.665. The molecule has 1 aliphatic heterocycles. The monoisotopic (exact) mass is 537 g/mol. The minimum atomic E-state index is 0.607. The van der Waals surface area contributed by atoms with Gasteiger partial charge in [0.2, 0.25) is 0 Å². The lowest BCUT2D eigenvalue weighted by Crippen LogP contribution is -2.12. The highest BCUT2D eigenvalue weighted by Crippen LogP contribution is 2.34. The molecule has 0 unspecified atom stereocenters. The minimum absolute atomic E-state index is 0.607. The number of aryl methyl sites for hydroxylation is 1. The average Bonchev–Trinajstić information content (AvgIpc) is 3.62. The maximum absolute atomic E-state index is 4.99. The van der Waals surface area contributed by atoms with E-state index in [1.54, 1.807) is 17.4 Å². The number of pyridine rings is 1. The molecular formula is C31H35N7S. The number of aromatic amines is 2. The van der Waals surface area contributed by atoms with Crippen LogP contribution in [-0.4, -0.2) is 56.9 Å². The molecule has 4 aromatic rings. The van der Waals surface area contributed by atoms with Crippen molar-refractivity contribution in [2.75, 3.05) is 20.6 Å². The van der Waals surface area contributed by atoms with Gasteiger partial charge in [-0.05, 0) is 49.8 Å². The Labute approximate surface area is 234 Å². The molecule has 0 atom stereocenters. The van der Waals surface area contributed by atoms with E-state index in [2.05, 4.69) is 57.6 Å². The molecule has 0 saturated carbocycles. The average molecular weight is 538 g/mol. The van der Waals surface area contributed by atoms with Crippen LogP contribution in [0, 0.1) is 6.92 Å². The Morgan fingerprint density at radius 3 is 2.56 bits per heavy atom. The maximum Gasteiger partial charge on any atom is 0.161 e. The molecule has 0 aromatic carbocycles. The Balaban J connectivity index is 0.00000172. The molecule has 2 N–H and O–H groups in total. The van der Waals surface area contributed by atoms with E-state index < -0.39 is 0 Å². The van der Waals surface area contributed by atoms with E-state index in [1.807, 2.05) is 71.1 Å². The molecule has 0 amide bonds. The fourth-order valence-corrected chi connectivity index (χ4v) is 5.10. The third kappa shape index (κ3) is 5.76. The van der Waals surface area contributed by atoms with Crippen molar-refractivity contribution in [1.82, 2.24) is 30.0 Å². The molecule has 0 spiro atoms. The van der Waals surface area contributed by atoms with Gasteiger partial charge in [0.1, 0.15) is 5.52 Å². The van der Waals surface area contributed by atoms with Gasteiger partial charge in [0, 0.05) is 46.9 Å². The van der Waals surface area contributed by atoms with Crippen LogP contribution < -0.4 is 0 Å². The van der Waals surface area contributed by atoms with Crippen LogP contribution in [0.15, 0.2) is 72.4 Å². The summed E-state index contributed by atoms with van der Waals surface area (Å²) in [6, 6.07) is 8.22. The summed E-state index contributed by atoms with van der Waals surface area (Å²) in [4.78, 5) is 22.2. The second-order valence-corrected chi connectivity index (χ2v) is 10.2. The lowest BCUT2D eigenvalue weighted by Gasteiger charge is -2.13. The van der Waals surface area contributed by atoms with Gasteiger partial charge < -0.3 is 9.88 Å². The fourth-order valence-electron chi connectivity index (χ4n) is 4.14. The highest BCUT2D eigenvalue weighted by Gasteiger charge is 2.20. The Hall–Kier alpha value is -4.30. The summed E-state index contributed by atoms with van der Waals surface area (Å²) in [6.07, 6.45) is 9.87. The number of nitrogens with zero attached hydrogens (tertiary/aromatic N) is 5. The molecule has 8 heteroatoms. The van der Waals surface area contributed by atoms with Crippen LogP contribution in [0.1, 0.15) is 47.6 Å². The number of fused-ring (bicyclic) bond motifs is 1. The number of rotatable bonds is 7. The van der Waals surface area contributed by atoms with Crippen molar-refractivity contribution in [3.8, 4) is 11.5 Å². The van der Waals surface area contributed by atoms with E-state index in [1.165, 1.54) is 0 Å². The predicted octanol–water partition coefficient (Wildman–Crippen LogP) is 7.31. The first kappa shape index (κ1) is 27.7. The van der Waals surface area contributed by atoms with E-state index in [4.69, 9.17) is 9.97 Å². The Bertz CT molecular complexity index is 1640. The summed E-state index contributed by atoms with van der Waals surface area (Å²) in [6.45, 7) is 16.6. The van der Waals surface area contributed by atoms with Crippen LogP contribution in [0.2, 0.25) is 0 Å². The lowest BCUT2D eigenvalue weighted by atomic mass is 10.1. The van der Waals surface area contributed by atoms with Crippen molar-refractivity contribution >= 4 is 45.3 Å². The number of aromatic nitrogens is 5. The topological polar surface area (TPSA) is 85.8 Å². The van der Waals surface area contributed by atoms with Crippen LogP contribution in [0.3, 0.4) is 0 Å². The molecular weight excluding hydrogens is 502 g/mol. The summed E-state index contributed by atoms with van der Waals surface area (Å²) in [7, 11) is 4.01. The van der Waals surface area contributed by atoms with E-state index in [-0.39, 0.29) is 0 Å². The van der Waals surface area contributed by atoms with Gasteiger partial charge in [0.25, 0.3) is 0 Å². The SMILES string of the molecule is C=C/C=C(/c1ccc(C(=C)C)s1)c1nc(-c2n[nH]c3ccc(C4=CCN=CC(N(C)C)=C4)nc23)[nH]c1C.CC. The van der Waals surface area contributed by atoms with Gasteiger partial charge in [0.15, 0.2) is 11.5 Å². The standard InChI is InChI=1S/C29H29N7S.C2H6/c1-7-8-21(25-12-11-24(37-25)17(2)3)26-18(4)31-29(33-26)28-27-23(34-35-28)10-9-22(32-27)19-13-14-30-16-20(15-19)36(5)6;1-2/h7-13,15-16H,1-2,14H2,3-6H3,(H,31,33)(H,34,35);1-2H3/b21-8-;. The van der Waals surface area contributed by atoms with E-state index >= 15 is 0 Å². The quantitative estimate of drug-likeness (QED) is 0.242. The number of nitrogens with one attached hydrogen (secondary N) is 2. The zero-order valence-corrected chi connectivity index (χ0v) is 24.3. The number of thiophene rings is 1. The molecule has 0 saturated heterocycles. The molecule has 0 bridgehead atoms. The van der Waals surface area contributed by atoms with Crippen molar-refractivity contribution in [2.45, 2.75) is 27.7 Å². The number of hydrogen-bond acceptors (Lipinski definition) is 6. The maximum atomic E-state index is 4.99. The Kier molecular flexibility index (Phi) is 8.56. The summed E-state index contributed by atoms with van der Waals surface area (Å²) in [5, 5.41) is 7.68. The van der Waals surface area contributed by atoms with Gasteiger partial charge in [0.05, 0.1) is 29.1 Å². The van der Waals surface area contributed by atoms with Crippen LogP contribution in [0.5, 0.6) is 0 Å². The van der Waals surface area contributed by atoms with Gasteiger partial charge in [-0.1, -0.05) is 45.2 Å². The largest absolute Gasteiger partial charge is 0.376 e. The second kappa shape index (κ2) is 12.0. The van der Waals surface area contributed by atoms with E-state index in [0.717, 1.165) is 60.3 Å². The van der Waals surface area contributed by atoms with Crippen molar-refractivity contribution in [2.24, 2.45) is 4.99 Å². The van der Waals surface area contributed by atoms with Gasteiger partial charge in [-0.3, -0.25) is 10.1 Å². The first-order chi connectivity index (χ1) is 18.9. The van der Waals surface area contributed by atoms with Crippen molar-refractivity contribution in [1.29, 1.82) is 0 Å². The van der Waals surface area contributed by atoms with Crippen LogP contribution in [0.25, 0.3) is 39.3 Å². The molecule has 5 heterocycles. The van der Waals surface area contributed by atoms with Gasteiger partial charge in [-0.15, -0.1) is 11.3 Å². The van der Waals surface area contributed by atoms with E-state index in [9.17, 15) is 0 Å². The number of H-pyrrole nitrogens is 2. The summed E-state index contributed by atoms with van der Waals surface area (Å²) < 4.78 is 0. The third-order valence-electron chi connectivity index (χ3n) is 6.10. The highest BCUT2D eigenvalue weighted by atomic mass is 32.1. The van der Waals surface area contributed by atoms with E-state index in [0.29, 0.717) is 18.1 Å². The highest BCUT2D eigenvalue weighted by molar-refractivity contribution is 7.14.